The van der Waals surface area contributed by atoms with E-state index in [0.29, 0.717) is 17.6 Å². The second kappa shape index (κ2) is 7.43. The standard InChI is InChI=1S/C19H24N4O/c1-13-8-10-16(11-9-13)23-19(24)17-12-18(21-14(2)20-17)22-15-6-4-3-5-7-15/h8-12,15H,3-7H2,1-2H3,(H,23,24)(H,20,21,22). The average Bonchev–Trinajstić information content (AvgIpc) is 2.57. The van der Waals surface area contributed by atoms with Gasteiger partial charge in [-0.3, -0.25) is 4.79 Å². The molecule has 1 aliphatic rings. The number of anilines is 2. The van der Waals surface area contributed by atoms with Crippen molar-refractivity contribution in [2.75, 3.05) is 10.6 Å². The summed E-state index contributed by atoms with van der Waals surface area (Å²) < 4.78 is 0. The zero-order valence-corrected chi connectivity index (χ0v) is 14.3. The van der Waals surface area contributed by atoms with Crippen molar-refractivity contribution in [2.45, 2.75) is 52.0 Å². The Labute approximate surface area is 142 Å². The summed E-state index contributed by atoms with van der Waals surface area (Å²) in [5.41, 5.74) is 2.31. The van der Waals surface area contributed by atoms with Crippen LogP contribution in [0.1, 0.15) is 54.0 Å². The molecule has 1 aromatic heterocycles. The second-order valence-electron chi connectivity index (χ2n) is 6.49. The molecule has 0 saturated heterocycles. The van der Waals surface area contributed by atoms with Gasteiger partial charge in [0.15, 0.2) is 0 Å². The highest BCUT2D eigenvalue weighted by molar-refractivity contribution is 6.03. The number of aryl methyl sites for hydroxylation is 2. The summed E-state index contributed by atoms with van der Waals surface area (Å²) in [5.74, 6) is 1.13. The van der Waals surface area contributed by atoms with Crippen molar-refractivity contribution in [2.24, 2.45) is 0 Å². The number of amides is 1. The molecule has 0 atom stereocenters. The van der Waals surface area contributed by atoms with Crippen LogP contribution in [0.5, 0.6) is 0 Å². The van der Waals surface area contributed by atoms with Gasteiger partial charge in [0.2, 0.25) is 0 Å². The zero-order chi connectivity index (χ0) is 16.9. The third-order valence-electron chi connectivity index (χ3n) is 4.34. The summed E-state index contributed by atoms with van der Waals surface area (Å²) in [5, 5.41) is 6.34. The van der Waals surface area contributed by atoms with Crippen LogP contribution in [0.3, 0.4) is 0 Å². The molecule has 5 heteroatoms. The summed E-state index contributed by atoms with van der Waals surface area (Å²) in [6, 6.07) is 9.91. The van der Waals surface area contributed by atoms with E-state index in [2.05, 4.69) is 20.6 Å². The molecule has 2 N–H and O–H groups in total. The Morgan fingerprint density at radius 1 is 1.04 bits per heavy atom. The van der Waals surface area contributed by atoms with Crippen LogP contribution in [0.2, 0.25) is 0 Å². The lowest BCUT2D eigenvalue weighted by atomic mass is 9.95. The van der Waals surface area contributed by atoms with E-state index in [1.807, 2.05) is 38.1 Å². The number of hydrogen-bond donors (Lipinski definition) is 2. The Morgan fingerprint density at radius 3 is 2.46 bits per heavy atom. The Hall–Kier alpha value is -2.43. The quantitative estimate of drug-likeness (QED) is 0.889. The van der Waals surface area contributed by atoms with Gasteiger partial charge in [0.1, 0.15) is 17.3 Å². The van der Waals surface area contributed by atoms with Crippen LogP contribution in [0.4, 0.5) is 11.5 Å². The monoisotopic (exact) mass is 324 g/mol. The predicted octanol–water partition coefficient (Wildman–Crippen LogP) is 4.09. The van der Waals surface area contributed by atoms with Crippen molar-refractivity contribution in [1.82, 2.24) is 9.97 Å². The van der Waals surface area contributed by atoms with Gasteiger partial charge < -0.3 is 10.6 Å². The number of aromatic nitrogens is 2. The first kappa shape index (κ1) is 16.4. The highest BCUT2D eigenvalue weighted by Crippen LogP contribution is 2.21. The molecule has 1 fully saturated rings. The van der Waals surface area contributed by atoms with Crippen LogP contribution in [0.15, 0.2) is 30.3 Å². The maximum absolute atomic E-state index is 12.5. The molecule has 0 spiro atoms. The fourth-order valence-corrected chi connectivity index (χ4v) is 3.05. The molecule has 0 aliphatic heterocycles. The molecule has 1 aliphatic carbocycles. The number of carbonyl (C=O) groups is 1. The number of nitrogens with one attached hydrogen (secondary N) is 2. The Bertz CT molecular complexity index is 706. The van der Waals surface area contributed by atoms with E-state index in [1.54, 1.807) is 6.07 Å². The van der Waals surface area contributed by atoms with E-state index < -0.39 is 0 Å². The maximum Gasteiger partial charge on any atom is 0.274 e. The molecule has 0 unspecified atom stereocenters. The van der Waals surface area contributed by atoms with Crippen LogP contribution in [0, 0.1) is 13.8 Å². The van der Waals surface area contributed by atoms with Gasteiger partial charge in [-0.2, -0.15) is 0 Å². The van der Waals surface area contributed by atoms with Gasteiger partial charge in [-0.15, -0.1) is 0 Å². The molecule has 0 bridgehead atoms. The van der Waals surface area contributed by atoms with Gasteiger partial charge in [-0.1, -0.05) is 37.0 Å². The fourth-order valence-electron chi connectivity index (χ4n) is 3.05. The number of hydrogen-bond acceptors (Lipinski definition) is 4. The van der Waals surface area contributed by atoms with Gasteiger partial charge in [-0.25, -0.2) is 9.97 Å². The minimum atomic E-state index is -0.212. The Kier molecular flexibility index (Phi) is 5.08. The lowest BCUT2D eigenvalue weighted by Crippen LogP contribution is -2.24. The first-order valence-electron chi connectivity index (χ1n) is 8.60. The van der Waals surface area contributed by atoms with Crippen LogP contribution in [0.25, 0.3) is 0 Å². The lowest BCUT2D eigenvalue weighted by molar-refractivity contribution is 0.102. The first-order valence-corrected chi connectivity index (χ1v) is 8.60. The van der Waals surface area contributed by atoms with Crippen LogP contribution in [-0.4, -0.2) is 21.9 Å². The molecule has 1 amide bonds. The number of benzene rings is 1. The van der Waals surface area contributed by atoms with E-state index in [4.69, 9.17) is 0 Å². The van der Waals surface area contributed by atoms with Crippen molar-refractivity contribution in [3.63, 3.8) is 0 Å². The van der Waals surface area contributed by atoms with Gasteiger partial charge in [0.25, 0.3) is 5.91 Å². The normalized spacial score (nSPS) is 15.1. The zero-order valence-electron chi connectivity index (χ0n) is 14.3. The predicted molar refractivity (Wildman–Crippen MR) is 96.4 cm³/mol. The maximum atomic E-state index is 12.5. The van der Waals surface area contributed by atoms with E-state index in [0.717, 1.165) is 29.9 Å². The minimum Gasteiger partial charge on any atom is -0.367 e. The van der Waals surface area contributed by atoms with Gasteiger partial charge in [0, 0.05) is 17.8 Å². The third-order valence-corrected chi connectivity index (χ3v) is 4.34. The lowest BCUT2D eigenvalue weighted by Gasteiger charge is -2.23. The van der Waals surface area contributed by atoms with Crippen LogP contribution < -0.4 is 10.6 Å². The highest BCUT2D eigenvalue weighted by Gasteiger charge is 2.16. The SMILES string of the molecule is Cc1ccc(NC(=O)c2cc(NC3CCCCC3)nc(C)n2)cc1. The molecule has 3 rings (SSSR count). The summed E-state index contributed by atoms with van der Waals surface area (Å²) in [7, 11) is 0. The summed E-state index contributed by atoms with van der Waals surface area (Å²) in [6.07, 6.45) is 6.14. The molecular formula is C19H24N4O. The molecule has 0 radical (unpaired) electrons. The largest absolute Gasteiger partial charge is 0.367 e. The van der Waals surface area contributed by atoms with E-state index >= 15 is 0 Å². The van der Waals surface area contributed by atoms with Crippen molar-refractivity contribution in [3.8, 4) is 0 Å². The molecule has 1 heterocycles. The molecule has 1 saturated carbocycles. The molecule has 126 valence electrons. The molecular weight excluding hydrogens is 300 g/mol. The molecule has 24 heavy (non-hydrogen) atoms. The van der Waals surface area contributed by atoms with E-state index in [1.165, 1.54) is 19.3 Å². The number of rotatable bonds is 4. The van der Waals surface area contributed by atoms with Gasteiger partial charge in [-0.05, 0) is 38.8 Å². The average molecular weight is 324 g/mol. The smallest absolute Gasteiger partial charge is 0.274 e. The molecule has 1 aromatic carbocycles. The van der Waals surface area contributed by atoms with Crippen molar-refractivity contribution in [3.05, 3.63) is 47.4 Å². The van der Waals surface area contributed by atoms with Gasteiger partial charge in [0.05, 0.1) is 0 Å². The Morgan fingerprint density at radius 2 is 1.75 bits per heavy atom. The molecule has 2 aromatic rings. The van der Waals surface area contributed by atoms with Crippen LogP contribution in [-0.2, 0) is 0 Å². The van der Waals surface area contributed by atoms with Gasteiger partial charge >= 0.3 is 0 Å². The second-order valence-corrected chi connectivity index (χ2v) is 6.49. The third kappa shape index (κ3) is 4.31. The summed E-state index contributed by atoms with van der Waals surface area (Å²) in [4.78, 5) is 21.2. The van der Waals surface area contributed by atoms with Crippen LogP contribution >= 0.6 is 0 Å². The minimum absolute atomic E-state index is 0.212. The van der Waals surface area contributed by atoms with Crippen molar-refractivity contribution in [1.29, 1.82) is 0 Å². The highest BCUT2D eigenvalue weighted by atomic mass is 16.1. The first-order chi connectivity index (χ1) is 11.6. The summed E-state index contributed by atoms with van der Waals surface area (Å²) >= 11 is 0. The van der Waals surface area contributed by atoms with E-state index in [9.17, 15) is 4.79 Å². The number of carbonyl (C=O) groups excluding carboxylic acids is 1. The topological polar surface area (TPSA) is 66.9 Å². The van der Waals surface area contributed by atoms with Crippen molar-refractivity contribution < 1.29 is 4.79 Å². The number of nitrogens with zero attached hydrogens (tertiary/aromatic N) is 2. The summed E-state index contributed by atoms with van der Waals surface area (Å²) in [6.45, 7) is 3.83. The Balaban J connectivity index is 1.72. The molecule has 5 nitrogen and oxygen atoms in total. The van der Waals surface area contributed by atoms with E-state index in [-0.39, 0.29) is 5.91 Å². The fraction of sp³-hybridized carbons (Fsp3) is 0.421. The van der Waals surface area contributed by atoms with Crippen molar-refractivity contribution >= 4 is 17.4 Å².